The fourth-order valence-corrected chi connectivity index (χ4v) is 1.40. The van der Waals surface area contributed by atoms with E-state index >= 15 is 0 Å². The highest BCUT2D eigenvalue weighted by Gasteiger charge is 2.04. The summed E-state index contributed by atoms with van der Waals surface area (Å²) in [5.41, 5.74) is 1.47. The van der Waals surface area contributed by atoms with Gasteiger partial charge in [0.25, 0.3) is 0 Å². The Bertz CT molecular complexity index is 397. The van der Waals surface area contributed by atoms with E-state index in [2.05, 4.69) is 0 Å². The Balaban J connectivity index is 3.12. The standard InChI is InChI=1S/C10H8Cl2O2/c1-6-2-3-7(4-5-8(13)14)10(12)9(6)11/h2-5H,1H3,(H,13,14). The van der Waals surface area contributed by atoms with E-state index in [4.69, 9.17) is 28.3 Å². The minimum atomic E-state index is -1.02. The topological polar surface area (TPSA) is 37.3 Å². The number of hydrogen-bond acceptors (Lipinski definition) is 1. The van der Waals surface area contributed by atoms with E-state index < -0.39 is 5.97 Å². The number of rotatable bonds is 2. The zero-order valence-corrected chi connectivity index (χ0v) is 8.93. The van der Waals surface area contributed by atoms with Crippen LogP contribution in [0.4, 0.5) is 0 Å². The van der Waals surface area contributed by atoms with Gasteiger partial charge in [-0.3, -0.25) is 0 Å². The van der Waals surface area contributed by atoms with Gasteiger partial charge in [-0.25, -0.2) is 4.79 Å². The monoisotopic (exact) mass is 230 g/mol. The van der Waals surface area contributed by atoms with E-state index in [1.807, 2.05) is 6.92 Å². The summed E-state index contributed by atoms with van der Waals surface area (Å²) in [5.74, 6) is -1.02. The van der Waals surface area contributed by atoms with Crippen molar-refractivity contribution >= 4 is 35.2 Å². The molecule has 0 aliphatic heterocycles. The van der Waals surface area contributed by atoms with Gasteiger partial charge in [0.1, 0.15) is 0 Å². The van der Waals surface area contributed by atoms with E-state index in [9.17, 15) is 4.79 Å². The van der Waals surface area contributed by atoms with Gasteiger partial charge in [0.15, 0.2) is 0 Å². The minimum absolute atomic E-state index is 0.379. The summed E-state index contributed by atoms with van der Waals surface area (Å²) in [4.78, 5) is 10.3. The minimum Gasteiger partial charge on any atom is -0.478 e. The molecule has 0 aliphatic carbocycles. The number of carbonyl (C=O) groups is 1. The van der Waals surface area contributed by atoms with Crippen LogP contribution in [0.1, 0.15) is 11.1 Å². The van der Waals surface area contributed by atoms with Crippen molar-refractivity contribution in [2.45, 2.75) is 6.92 Å². The highest BCUT2D eigenvalue weighted by Crippen LogP contribution is 2.29. The van der Waals surface area contributed by atoms with E-state index in [1.165, 1.54) is 6.08 Å². The van der Waals surface area contributed by atoms with Gasteiger partial charge in [-0.15, -0.1) is 0 Å². The molecule has 1 N–H and O–H groups in total. The molecule has 0 heterocycles. The molecule has 14 heavy (non-hydrogen) atoms. The Labute approximate surface area is 91.8 Å². The summed E-state index contributed by atoms with van der Waals surface area (Å²) in [6.07, 6.45) is 2.43. The van der Waals surface area contributed by atoms with Crippen LogP contribution in [0.2, 0.25) is 10.0 Å². The first-order chi connectivity index (χ1) is 6.52. The molecule has 1 rings (SSSR count). The smallest absolute Gasteiger partial charge is 0.328 e. The molecule has 1 aromatic carbocycles. The summed E-state index contributed by atoms with van der Waals surface area (Å²) in [6, 6.07) is 3.51. The molecule has 0 amide bonds. The number of carboxylic acids is 1. The molecule has 0 fully saturated rings. The fourth-order valence-electron chi connectivity index (χ4n) is 0.951. The average Bonchev–Trinajstić information content (AvgIpc) is 2.13. The Morgan fingerprint density at radius 2 is 2.00 bits per heavy atom. The number of carboxylic acid groups (broad SMARTS) is 1. The summed E-state index contributed by atoms with van der Waals surface area (Å²) < 4.78 is 0. The fraction of sp³-hybridized carbons (Fsp3) is 0.100. The number of hydrogen-bond donors (Lipinski definition) is 1. The molecular formula is C10H8Cl2O2. The average molecular weight is 231 g/mol. The van der Waals surface area contributed by atoms with Gasteiger partial charge in [-0.1, -0.05) is 35.3 Å². The number of aliphatic carboxylic acids is 1. The SMILES string of the molecule is Cc1ccc(C=CC(=O)O)c(Cl)c1Cl. The van der Waals surface area contributed by atoms with Crippen molar-refractivity contribution in [2.24, 2.45) is 0 Å². The van der Waals surface area contributed by atoms with Gasteiger partial charge < -0.3 is 5.11 Å². The molecule has 0 spiro atoms. The lowest BCUT2D eigenvalue weighted by Gasteiger charge is -2.03. The van der Waals surface area contributed by atoms with Crippen LogP contribution in [0.15, 0.2) is 18.2 Å². The Hall–Kier alpha value is -0.990. The quantitative estimate of drug-likeness (QED) is 0.792. The zero-order valence-electron chi connectivity index (χ0n) is 7.42. The molecule has 74 valence electrons. The molecule has 0 unspecified atom stereocenters. The molecule has 2 nitrogen and oxygen atoms in total. The van der Waals surface area contributed by atoms with Gasteiger partial charge in [-0.2, -0.15) is 0 Å². The largest absolute Gasteiger partial charge is 0.478 e. The maximum absolute atomic E-state index is 10.3. The summed E-state index contributed by atoms with van der Waals surface area (Å²) in [7, 11) is 0. The molecule has 0 aliphatic rings. The Kier molecular flexibility index (Phi) is 3.55. The highest BCUT2D eigenvalue weighted by atomic mass is 35.5. The predicted octanol–water partition coefficient (Wildman–Crippen LogP) is 3.40. The third-order valence-corrected chi connectivity index (χ3v) is 2.70. The third kappa shape index (κ3) is 2.50. The van der Waals surface area contributed by atoms with Crippen molar-refractivity contribution in [3.8, 4) is 0 Å². The normalized spacial score (nSPS) is 10.8. The van der Waals surface area contributed by atoms with Crippen LogP contribution in [-0.4, -0.2) is 11.1 Å². The van der Waals surface area contributed by atoms with Crippen LogP contribution in [0.5, 0.6) is 0 Å². The van der Waals surface area contributed by atoms with E-state index in [0.717, 1.165) is 11.6 Å². The number of aryl methyl sites for hydroxylation is 1. The van der Waals surface area contributed by atoms with Crippen LogP contribution in [0.3, 0.4) is 0 Å². The lowest BCUT2D eigenvalue weighted by Crippen LogP contribution is -1.87. The second-order valence-corrected chi connectivity index (χ2v) is 3.53. The van der Waals surface area contributed by atoms with E-state index in [0.29, 0.717) is 15.6 Å². The molecule has 0 saturated carbocycles. The lowest BCUT2D eigenvalue weighted by atomic mass is 10.1. The summed E-state index contributed by atoms with van der Waals surface area (Å²) in [5, 5.41) is 9.26. The van der Waals surface area contributed by atoms with Gasteiger partial charge in [-0.05, 0) is 24.1 Å². The first-order valence-corrected chi connectivity index (χ1v) is 4.63. The van der Waals surface area contributed by atoms with Crippen LogP contribution in [0, 0.1) is 6.92 Å². The molecule has 0 saturated heterocycles. The van der Waals surface area contributed by atoms with E-state index in [-0.39, 0.29) is 0 Å². The molecule has 1 aromatic rings. The summed E-state index contributed by atoms with van der Waals surface area (Å²) >= 11 is 11.8. The first-order valence-electron chi connectivity index (χ1n) is 3.88. The van der Waals surface area contributed by atoms with Gasteiger partial charge >= 0.3 is 5.97 Å². The van der Waals surface area contributed by atoms with Crippen molar-refractivity contribution in [3.05, 3.63) is 39.4 Å². The maximum atomic E-state index is 10.3. The predicted molar refractivity (Wildman–Crippen MR) is 57.9 cm³/mol. The number of halogens is 2. The molecule has 0 radical (unpaired) electrons. The highest BCUT2D eigenvalue weighted by molar-refractivity contribution is 6.43. The Morgan fingerprint density at radius 3 is 2.57 bits per heavy atom. The van der Waals surface area contributed by atoms with Crippen LogP contribution in [0.25, 0.3) is 6.08 Å². The van der Waals surface area contributed by atoms with Crippen molar-refractivity contribution < 1.29 is 9.90 Å². The van der Waals surface area contributed by atoms with Crippen molar-refractivity contribution in [2.75, 3.05) is 0 Å². The van der Waals surface area contributed by atoms with Crippen molar-refractivity contribution in [1.29, 1.82) is 0 Å². The summed E-state index contributed by atoms with van der Waals surface area (Å²) in [6.45, 7) is 1.83. The lowest BCUT2D eigenvalue weighted by molar-refractivity contribution is -0.131. The molecule has 0 bridgehead atoms. The maximum Gasteiger partial charge on any atom is 0.328 e. The molecular weight excluding hydrogens is 223 g/mol. The zero-order chi connectivity index (χ0) is 10.7. The number of benzene rings is 1. The molecule has 0 aromatic heterocycles. The van der Waals surface area contributed by atoms with Crippen LogP contribution in [-0.2, 0) is 4.79 Å². The van der Waals surface area contributed by atoms with Gasteiger partial charge in [0.05, 0.1) is 10.0 Å². The second kappa shape index (κ2) is 4.49. The molecule has 0 atom stereocenters. The first kappa shape index (κ1) is 11.1. The molecule has 4 heteroatoms. The third-order valence-electron chi connectivity index (χ3n) is 1.71. The van der Waals surface area contributed by atoms with Gasteiger partial charge in [0, 0.05) is 6.08 Å². The second-order valence-electron chi connectivity index (χ2n) is 2.77. The van der Waals surface area contributed by atoms with Crippen LogP contribution < -0.4 is 0 Å². The Morgan fingerprint density at radius 1 is 1.36 bits per heavy atom. The van der Waals surface area contributed by atoms with E-state index in [1.54, 1.807) is 12.1 Å². The van der Waals surface area contributed by atoms with Crippen LogP contribution >= 0.6 is 23.2 Å². The van der Waals surface area contributed by atoms with Crippen molar-refractivity contribution in [3.63, 3.8) is 0 Å². The van der Waals surface area contributed by atoms with Crippen molar-refractivity contribution in [1.82, 2.24) is 0 Å². The van der Waals surface area contributed by atoms with Gasteiger partial charge in [0.2, 0.25) is 0 Å².